The van der Waals surface area contributed by atoms with E-state index >= 15 is 4.39 Å². The van der Waals surface area contributed by atoms with Gasteiger partial charge in [0.05, 0.1) is 28.9 Å². The van der Waals surface area contributed by atoms with Gasteiger partial charge in [-0.2, -0.15) is 4.99 Å². The normalized spacial score (nSPS) is 15.0. The Balaban J connectivity index is 1.32. The first kappa shape index (κ1) is 31.7. The molecule has 0 spiro atoms. The minimum atomic E-state index is -4.81. The van der Waals surface area contributed by atoms with Crippen molar-refractivity contribution in [2.24, 2.45) is 4.99 Å². The number of carbonyl (C=O) groups excluding carboxylic acids is 2. The SMILES string of the molecule is CCC(OC)c1ccc(C)cc1N1C(=O)CS/C1=N\C(=O)Nc1ccc(-c2ncn(-c3ccc(OC(F)(F)F)cc3)n2)cc1F. The summed E-state index contributed by atoms with van der Waals surface area (Å²) in [6, 6.07) is 13.7. The predicted octanol–water partition coefficient (Wildman–Crippen LogP) is 7.05. The number of methoxy groups -OCH3 is 1. The second-order valence-electron chi connectivity index (χ2n) is 9.79. The van der Waals surface area contributed by atoms with Crippen molar-refractivity contribution in [3.05, 3.63) is 83.9 Å². The first-order valence-corrected chi connectivity index (χ1v) is 14.5. The summed E-state index contributed by atoms with van der Waals surface area (Å²) in [7, 11) is 1.58. The maximum atomic E-state index is 15.1. The molecule has 4 aromatic rings. The number of nitrogens with zero attached hydrogens (tertiary/aromatic N) is 5. The van der Waals surface area contributed by atoms with Crippen LogP contribution in [0.3, 0.4) is 0 Å². The summed E-state index contributed by atoms with van der Waals surface area (Å²) in [6.45, 7) is 3.85. The molecular weight excluding hydrogens is 616 g/mol. The van der Waals surface area contributed by atoms with E-state index in [9.17, 15) is 22.8 Å². The van der Waals surface area contributed by atoms with Crippen LogP contribution < -0.4 is 15.0 Å². The van der Waals surface area contributed by atoms with E-state index in [0.29, 0.717) is 17.8 Å². The quantitative estimate of drug-likeness (QED) is 0.205. The second kappa shape index (κ2) is 13.1. The predicted molar refractivity (Wildman–Crippen MR) is 161 cm³/mol. The number of carbonyl (C=O) groups is 2. The number of benzene rings is 3. The second-order valence-corrected chi connectivity index (χ2v) is 10.7. The Hall–Kier alpha value is -4.76. The van der Waals surface area contributed by atoms with Gasteiger partial charge in [-0.05, 0) is 67.4 Å². The lowest BCUT2D eigenvalue weighted by molar-refractivity contribution is -0.274. The van der Waals surface area contributed by atoms with E-state index < -0.39 is 24.0 Å². The fraction of sp³-hybridized carbons (Fsp3) is 0.233. The molecule has 0 aliphatic carbocycles. The summed E-state index contributed by atoms with van der Waals surface area (Å²) in [6.07, 6.45) is -3.11. The minimum Gasteiger partial charge on any atom is -0.406 e. The van der Waals surface area contributed by atoms with Gasteiger partial charge in [-0.1, -0.05) is 30.8 Å². The van der Waals surface area contributed by atoms with Crippen molar-refractivity contribution in [1.82, 2.24) is 14.8 Å². The Morgan fingerprint density at radius 2 is 1.89 bits per heavy atom. The van der Waals surface area contributed by atoms with Gasteiger partial charge in [-0.3, -0.25) is 9.69 Å². The molecule has 3 aromatic carbocycles. The summed E-state index contributed by atoms with van der Waals surface area (Å²) in [4.78, 5) is 35.4. The number of urea groups is 1. The van der Waals surface area contributed by atoms with Crippen LogP contribution in [0.2, 0.25) is 0 Å². The van der Waals surface area contributed by atoms with E-state index in [-0.39, 0.29) is 40.0 Å². The number of hydrogen-bond donors (Lipinski definition) is 1. The number of alkyl halides is 3. The van der Waals surface area contributed by atoms with Crippen LogP contribution >= 0.6 is 11.8 Å². The molecule has 0 bridgehead atoms. The first-order valence-electron chi connectivity index (χ1n) is 13.5. The summed E-state index contributed by atoms with van der Waals surface area (Å²) in [5.41, 5.74) is 2.78. The summed E-state index contributed by atoms with van der Waals surface area (Å²) in [5.74, 6) is -1.22. The summed E-state index contributed by atoms with van der Waals surface area (Å²) in [5, 5.41) is 6.82. The number of anilines is 2. The lowest BCUT2D eigenvalue weighted by Crippen LogP contribution is -2.31. The zero-order valence-corrected chi connectivity index (χ0v) is 24.9. The van der Waals surface area contributed by atoms with Crippen molar-refractivity contribution in [3.8, 4) is 22.8 Å². The molecule has 45 heavy (non-hydrogen) atoms. The molecule has 1 aromatic heterocycles. The van der Waals surface area contributed by atoms with Gasteiger partial charge in [0.15, 0.2) is 11.0 Å². The topological polar surface area (TPSA) is 111 Å². The van der Waals surface area contributed by atoms with Gasteiger partial charge in [-0.25, -0.2) is 18.9 Å². The van der Waals surface area contributed by atoms with Crippen molar-refractivity contribution in [2.45, 2.75) is 32.7 Å². The highest BCUT2D eigenvalue weighted by atomic mass is 32.2. The van der Waals surface area contributed by atoms with Gasteiger partial charge in [0.25, 0.3) is 0 Å². The molecule has 1 atom stereocenters. The highest BCUT2D eigenvalue weighted by molar-refractivity contribution is 8.15. The Labute approximate surface area is 259 Å². The number of thioether (sulfide) groups is 1. The van der Waals surface area contributed by atoms with Crippen LogP contribution in [0.5, 0.6) is 5.75 Å². The Bertz CT molecular complexity index is 1760. The number of aliphatic imine (C=N–C) groups is 1. The average molecular weight is 643 g/mol. The van der Waals surface area contributed by atoms with Gasteiger partial charge >= 0.3 is 12.4 Å². The van der Waals surface area contributed by atoms with Gasteiger partial charge in [0, 0.05) is 18.2 Å². The van der Waals surface area contributed by atoms with E-state index in [1.807, 2.05) is 32.0 Å². The molecule has 234 valence electrons. The minimum absolute atomic E-state index is 0.0808. The maximum absolute atomic E-state index is 15.1. The summed E-state index contributed by atoms with van der Waals surface area (Å²) < 4.78 is 63.1. The van der Waals surface area contributed by atoms with Gasteiger partial charge < -0.3 is 14.8 Å². The highest BCUT2D eigenvalue weighted by Crippen LogP contribution is 2.36. The van der Waals surface area contributed by atoms with E-state index in [1.165, 1.54) is 40.2 Å². The Morgan fingerprint density at radius 1 is 1.13 bits per heavy atom. The molecule has 1 N–H and O–H groups in total. The van der Waals surface area contributed by atoms with E-state index in [1.54, 1.807) is 7.11 Å². The molecular formula is C30H26F4N6O4S. The van der Waals surface area contributed by atoms with Crippen molar-refractivity contribution in [2.75, 3.05) is 23.1 Å². The molecule has 1 unspecified atom stereocenters. The number of hydrogen-bond acceptors (Lipinski definition) is 7. The van der Waals surface area contributed by atoms with Crippen molar-refractivity contribution < 1.29 is 36.6 Å². The van der Waals surface area contributed by atoms with Crippen molar-refractivity contribution >= 4 is 40.2 Å². The average Bonchev–Trinajstić information content (AvgIpc) is 3.62. The molecule has 1 aliphatic rings. The van der Waals surface area contributed by atoms with Crippen molar-refractivity contribution in [1.29, 1.82) is 0 Å². The van der Waals surface area contributed by atoms with Crippen LogP contribution in [0.1, 0.15) is 30.6 Å². The Kier molecular flexibility index (Phi) is 9.20. The molecule has 2 heterocycles. The molecule has 0 saturated carbocycles. The highest BCUT2D eigenvalue weighted by Gasteiger charge is 2.33. The number of amides is 3. The molecule has 1 saturated heterocycles. The Morgan fingerprint density at radius 3 is 2.56 bits per heavy atom. The first-order chi connectivity index (χ1) is 21.5. The number of aryl methyl sites for hydroxylation is 1. The van der Waals surface area contributed by atoms with Gasteiger partial charge in [-0.15, -0.1) is 18.3 Å². The molecule has 3 amide bonds. The largest absolute Gasteiger partial charge is 0.573 e. The molecule has 15 heteroatoms. The number of amidine groups is 1. The van der Waals surface area contributed by atoms with Crippen LogP contribution in [0.25, 0.3) is 17.1 Å². The van der Waals surface area contributed by atoms with Gasteiger partial charge in [0.1, 0.15) is 17.9 Å². The zero-order valence-electron chi connectivity index (χ0n) is 24.1. The third-order valence-corrected chi connectivity index (χ3v) is 7.61. The number of aromatic nitrogens is 3. The maximum Gasteiger partial charge on any atom is 0.573 e. The standard InChI is InChI=1S/C30H26F4N6O4S/c1-4-25(43-3)21-11-5-17(2)13-24(21)40-26(41)15-45-29(40)37-28(42)36-23-12-6-18(14-22(23)31)27-35-16-39(38-27)19-7-9-20(10-8-19)44-30(32,33)34/h5-14,16,25H,4,15H2,1-3H3,(H,36,42)/b37-29-. The molecule has 10 nitrogen and oxygen atoms in total. The molecule has 5 rings (SSSR count). The van der Waals surface area contributed by atoms with Gasteiger partial charge in [0.2, 0.25) is 5.91 Å². The molecule has 1 fully saturated rings. The smallest absolute Gasteiger partial charge is 0.406 e. The number of rotatable bonds is 8. The third-order valence-electron chi connectivity index (χ3n) is 6.69. The fourth-order valence-corrected chi connectivity index (χ4v) is 5.48. The number of nitrogens with one attached hydrogen (secondary N) is 1. The monoisotopic (exact) mass is 642 g/mol. The zero-order chi connectivity index (χ0) is 32.3. The van der Waals surface area contributed by atoms with Crippen LogP contribution in [0.4, 0.5) is 33.7 Å². The van der Waals surface area contributed by atoms with Crippen LogP contribution in [0.15, 0.2) is 72.0 Å². The molecule has 1 aliphatic heterocycles. The van der Waals surface area contributed by atoms with Crippen LogP contribution in [-0.4, -0.2) is 51.1 Å². The van der Waals surface area contributed by atoms with Crippen molar-refractivity contribution in [3.63, 3.8) is 0 Å². The number of ether oxygens (including phenoxy) is 2. The van der Waals surface area contributed by atoms with E-state index in [2.05, 4.69) is 25.1 Å². The fourth-order valence-electron chi connectivity index (χ4n) is 4.62. The molecule has 0 radical (unpaired) electrons. The lowest BCUT2D eigenvalue weighted by atomic mass is 10.0. The van der Waals surface area contributed by atoms with Crippen LogP contribution in [0, 0.1) is 12.7 Å². The number of halogens is 4. The van der Waals surface area contributed by atoms with E-state index in [4.69, 9.17) is 4.74 Å². The third kappa shape index (κ3) is 7.32. The lowest BCUT2D eigenvalue weighted by Gasteiger charge is -2.24. The summed E-state index contributed by atoms with van der Waals surface area (Å²) >= 11 is 1.10. The van der Waals surface area contributed by atoms with Crippen LogP contribution in [-0.2, 0) is 9.53 Å². The van der Waals surface area contributed by atoms with E-state index in [0.717, 1.165) is 41.1 Å².